The molecule has 2 aromatic heterocycles. The van der Waals surface area contributed by atoms with Crippen LogP contribution in [-0.4, -0.2) is 44.2 Å². The molecule has 3 heterocycles. The van der Waals surface area contributed by atoms with Gasteiger partial charge in [0.2, 0.25) is 0 Å². The molecular weight excluding hydrogens is 470 g/mol. The summed E-state index contributed by atoms with van der Waals surface area (Å²) < 4.78 is 7.54. The fraction of sp³-hybridized carbons (Fsp3) is 0.143. The fourth-order valence-corrected chi connectivity index (χ4v) is 5.29. The predicted molar refractivity (Wildman–Crippen MR) is 140 cm³/mol. The molecule has 1 aliphatic heterocycles. The van der Waals surface area contributed by atoms with Crippen molar-refractivity contribution in [1.29, 1.82) is 0 Å². The number of fused-ring (bicyclic) bond motifs is 1. The summed E-state index contributed by atoms with van der Waals surface area (Å²) in [6.07, 6.45) is 0. The Bertz CT molecular complexity index is 1530. The van der Waals surface area contributed by atoms with Gasteiger partial charge in [0.25, 0.3) is 5.91 Å². The summed E-state index contributed by atoms with van der Waals surface area (Å²) in [6.45, 7) is 1.61. The van der Waals surface area contributed by atoms with Gasteiger partial charge in [0, 0.05) is 24.0 Å². The lowest BCUT2D eigenvalue weighted by molar-refractivity contribution is 0.0708. The standard InChI is InChI=1S/C28H23N5O2S/c1-35-24-10-6-5-9-22(24)27-29-23(18-36-27)26-31-30-25-17-32(15-16-33(25)26)28(34)21-13-11-20(12-14-21)19-7-3-2-4-8-19/h2-14,18H,15-17H2,1H3. The maximum absolute atomic E-state index is 13.2. The van der Waals surface area contributed by atoms with Gasteiger partial charge in [0.15, 0.2) is 11.6 Å². The number of benzene rings is 3. The van der Waals surface area contributed by atoms with Crippen molar-refractivity contribution < 1.29 is 9.53 Å². The lowest BCUT2D eigenvalue weighted by Crippen LogP contribution is -2.38. The first-order chi connectivity index (χ1) is 17.7. The van der Waals surface area contributed by atoms with Crippen LogP contribution in [0.4, 0.5) is 0 Å². The Morgan fingerprint density at radius 3 is 2.44 bits per heavy atom. The number of thiazole rings is 1. The first-order valence-corrected chi connectivity index (χ1v) is 12.6. The van der Waals surface area contributed by atoms with Crippen LogP contribution in [0.2, 0.25) is 0 Å². The molecule has 0 atom stereocenters. The van der Waals surface area contributed by atoms with E-state index in [9.17, 15) is 4.79 Å². The molecule has 3 aromatic carbocycles. The molecule has 0 spiro atoms. The molecule has 178 valence electrons. The second-order valence-corrected chi connectivity index (χ2v) is 9.36. The Kier molecular flexibility index (Phi) is 5.79. The maximum Gasteiger partial charge on any atom is 0.254 e. The number of carbonyl (C=O) groups excluding carboxylic acids is 1. The van der Waals surface area contributed by atoms with Crippen molar-refractivity contribution in [2.24, 2.45) is 0 Å². The summed E-state index contributed by atoms with van der Waals surface area (Å²) >= 11 is 1.55. The number of ether oxygens (including phenoxy) is 1. The van der Waals surface area contributed by atoms with Gasteiger partial charge >= 0.3 is 0 Å². The van der Waals surface area contributed by atoms with E-state index < -0.39 is 0 Å². The number of methoxy groups -OCH3 is 1. The monoisotopic (exact) mass is 493 g/mol. The van der Waals surface area contributed by atoms with Crippen LogP contribution in [0.3, 0.4) is 0 Å². The van der Waals surface area contributed by atoms with E-state index in [0.29, 0.717) is 25.2 Å². The van der Waals surface area contributed by atoms with Gasteiger partial charge in [-0.1, -0.05) is 54.6 Å². The zero-order valence-corrected chi connectivity index (χ0v) is 20.5. The highest BCUT2D eigenvalue weighted by atomic mass is 32.1. The fourth-order valence-electron chi connectivity index (χ4n) is 4.46. The third kappa shape index (κ3) is 4.05. The number of para-hydroxylation sites is 1. The lowest BCUT2D eigenvalue weighted by Gasteiger charge is -2.27. The van der Waals surface area contributed by atoms with Gasteiger partial charge in [0.1, 0.15) is 16.5 Å². The van der Waals surface area contributed by atoms with Crippen LogP contribution in [0.15, 0.2) is 84.2 Å². The average Bonchev–Trinajstić information content (AvgIpc) is 3.60. The second-order valence-electron chi connectivity index (χ2n) is 8.50. The number of aromatic nitrogens is 4. The van der Waals surface area contributed by atoms with Crippen LogP contribution < -0.4 is 4.74 Å². The third-order valence-corrected chi connectivity index (χ3v) is 7.23. The Hall–Kier alpha value is -4.30. The van der Waals surface area contributed by atoms with Gasteiger partial charge in [-0.2, -0.15) is 0 Å². The first kappa shape index (κ1) is 22.2. The largest absolute Gasteiger partial charge is 0.496 e. The van der Waals surface area contributed by atoms with Crippen LogP contribution in [0.5, 0.6) is 5.75 Å². The summed E-state index contributed by atoms with van der Waals surface area (Å²) in [5.74, 6) is 2.27. The number of hydrogen-bond donors (Lipinski definition) is 0. The molecular formula is C28H23N5O2S. The van der Waals surface area contributed by atoms with Crippen molar-refractivity contribution in [3.63, 3.8) is 0 Å². The van der Waals surface area contributed by atoms with Gasteiger partial charge < -0.3 is 14.2 Å². The summed E-state index contributed by atoms with van der Waals surface area (Å²) in [6, 6.07) is 25.8. The normalized spacial score (nSPS) is 12.9. The zero-order chi connectivity index (χ0) is 24.5. The van der Waals surface area contributed by atoms with E-state index in [-0.39, 0.29) is 5.91 Å². The molecule has 0 saturated carbocycles. The molecule has 7 nitrogen and oxygen atoms in total. The van der Waals surface area contributed by atoms with E-state index in [2.05, 4.69) is 26.9 Å². The van der Waals surface area contributed by atoms with Crippen molar-refractivity contribution in [2.45, 2.75) is 13.1 Å². The van der Waals surface area contributed by atoms with Crippen molar-refractivity contribution in [3.8, 4) is 39.0 Å². The Labute approximate surface area is 212 Å². The summed E-state index contributed by atoms with van der Waals surface area (Å²) in [5, 5.41) is 11.7. The molecule has 0 radical (unpaired) electrons. The number of hydrogen-bond acceptors (Lipinski definition) is 6. The highest BCUT2D eigenvalue weighted by Crippen LogP contribution is 2.34. The minimum atomic E-state index is -0.00229. The number of nitrogens with zero attached hydrogens (tertiary/aromatic N) is 5. The van der Waals surface area contributed by atoms with Crippen molar-refractivity contribution >= 4 is 17.2 Å². The molecule has 6 rings (SSSR count). The summed E-state index contributed by atoms with van der Waals surface area (Å²) in [5.41, 5.74) is 4.61. The zero-order valence-electron chi connectivity index (χ0n) is 19.7. The van der Waals surface area contributed by atoms with E-state index in [1.165, 1.54) is 0 Å². The van der Waals surface area contributed by atoms with Crippen LogP contribution in [0.25, 0.3) is 33.2 Å². The average molecular weight is 494 g/mol. The van der Waals surface area contributed by atoms with Crippen LogP contribution >= 0.6 is 11.3 Å². The molecule has 0 bridgehead atoms. The van der Waals surface area contributed by atoms with Gasteiger partial charge in [-0.05, 0) is 35.4 Å². The molecule has 1 aliphatic rings. The van der Waals surface area contributed by atoms with E-state index in [4.69, 9.17) is 9.72 Å². The molecule has 0 saturated heterocycles. The van der Waals surface area contributed by atoms with E-state index >= 15 is 0 Å². The number of carbonyl (C=O) groups is 1. The molecule has 8 heteroatoms. The summed E-state index contributed by atoms with van der Waals surface area (Å²) in [7, 11) is 1.66. The SMILES string of the molecule is COc1ccccc1-c1nc(-c2nnc3n2CCN(C(=O)c2ccc(-c4ccccc4)cc2)C3)cs1. The Morgan fingerprint density at radius 2 is 1.64 bits per heavy atom. The Morgan fingerprint density at radius 1 is 0.889 bits per heavy atom. The maximum atomic E-state index is 13.2. The summed E-state index contributed by atoms with van der Waals surface area (Å²) in [4.78, 5) is 19.8. The quantitative estimate of drug-likeness (QED) is 0.328. The van der Waals surface area contributed by atoms with Gasteiger partial charge in [-0.25, -0.2) is 4.98 Å². The molecule has 0 unspecified atom stereocenters. The minimum absolute atomic E-state index is 0.00229. The highest BCUT2D eigenvalue weighted by Gasteiger charge is 2.26. The predicted octanol–water partition coefficient (Wildman–Crippen LogP) is 5.40. The second kappa shape index (κ2) is 9.39. The van der Waals surface area contributed by atoms with Gasteiger partial charge in [-0.3, -0.25) is 4.79 Å². The smallest absolute Gasteiger partial charge is 0.254 e. The topological polar surface area (TPSA) is 73.1 Å². The molecule has 5 aromatic rings. The van der Waals surface area contributed by atoms with Crippen molar-refractivity contribution in [2.75, 3.05) is 13.7 Å². The van der Waals surface area contributed by atoms with E-state index in [0.717, 1.165) is 44.8 Å². The molecule has 36 heavy (non-hydrogen) atoms. The first-order valence-electron chi connectivity index (χ1n) is 11.7. The highest BCUT2D eigenvalue weighted by molar-refractivity contribution is 7.13. The third-order valence-electron chi connectivity index (χ3n) is 6.35. The van der Waals surface area contributed by atoms with Crippen LogP contribution in [0, 0.1) is 0 Å². The molecule has 0 fully saturated rings. The van der Waals surface area contributed by atoms with Crippen LogP contribution in [0.1, 0.15) is 16.2 Å². The van der Waals surface area contributed by atoms with Gasteiger partial charge in [0.05, 0.1) is 19.2 Å². The molecule has 0 aliphatic carbocycles. The van der Waals surface area contributed by atoms with Crippen LogP contribution in [-0.2, 0) is 13.1 Å². The van der Waals surface area contributed by atoms with Gasteiger partial charge in [-0.15, -0.1) is 21.5 Å². The lowest BCUT2D eigenvalue weighted by atomic mass is 10.0. The van der Waals surface area contributed by atoms with E-state index in [1.54, 1.807) is 18.4 Å². The molecule has 1 amide bonds. The Balaban J connectivity index is 1.20. The van der Waals surface area contributed by atoms with Crippen molar-refractivity contribution in [1.82, 2.24) is 24.6 Å². The minimum Gasteiger partial charge on any atom is -0.496 e. The van der Waals surface area contributed by atoms with E-state index in [1.807, 2.05) is 77.0 Å². The number of rotatable bonds is 5. The molecule has 0 N–H and O–H groups in total. The van der Waals surface area contributed by atoms with Crippen molar-refractivity contribution in [3.05, 3.63) is 95.6 Å². The number of amides is 1.